The van der Waals surface area contributed by atoms with Crippen LogP contribution >= 0.6 is 0 Å². The Balaban J connectivity index is 1.29. The highest BCUT2D eigenvalue weighted by molar-refractivity contribution is 5.71. The van der Waals surface area contributed by atoms with Crippen LogP contribution in [0.2, 0.25) is 0 Å². The molecule has 4 heterocycles. The Kier molecular flexibility index (Phi) is 4.22. The molecule has 4 rings (SSSR count). The van der Waals surface area contributed by atoms with Crippen LogP contribution in [0.1, 0.15) is 32.6 Å². The number of hydrogen-bond donors (Lipinski definition) is 1. The standard InChI is InChI=1S/C16H25N5O2/c1-2-3-7-23-16-17-9-14-15(18-16)21(19-14)6-4-5-20-12-8-13(20)11-22-10-12/h9,12-13,19H,2-8,10-11H2,1H3/t12-,13?/m1/s1. The highest BCUT2D eigenvalue weighted by atomic mass is 16.5. The van der Waals surface area contributed by atoms with Crippen molar-refractivity contribution in [3.05, 3.63) is 6.20 Å². The molecule has 1 N–H and O–H groups in total. The van der Waals surface area contributed by atoms with Crippen LogP contribution < -0.4 is 4.74 Å². The molecule has 2 fully saturated rings. The molecular formula is C16H25N5O2. The average Bonchev–Trinajstić information content (AvgIpc) is 2.57. The largest absolute Gasteiger partial charge is 0.463 e. The smallest absolute Gasteiger partial charge is 0.318 e. The molecule has 7 heteroatoms. The van der Waals surface area contributed by atoms with E-state index in [0.717, 1.165) is 56.7 Å². The van der Waals surface area contributed by atoms with E-state index < -0.39 is 0 Å². The number of ether oxygens (including phenoxy) is 2. The Labute approximate surface area is 136 Å². The van der Waals surface area contributed by atoms with Crippen LogP contribution in [0, 0.1) is 0 Å². The normalized spacial score (nSPS) is 24.0. The summed E-state index contributed by atoms with van der Waals surface area (Å²) in [6.07, 6.45) is 6.38. The summed E-state index contributed by atoms with van der Waals surface area (Å²) in [4.78, 5) is 11.3. The van der Waals surface area contributed by atoms with E-state index in [1.165, 1.54) is 6.42 Å². The van der Waals surface area contributed by atoms with Gasteiger partial charge in [-0.1, -0.05) is 13.3 Å². The van der Waals surface area contributed by atoms with E-state index in [9.17, 15) is 0 Å². The second kappa shape index (κ2) is 6.49. The van der Waals surface area contributed by atoms with Gasteiger partial charge in [0.25, 0.3) is 0 Å². The molecule has 0 radical (unpaired) electrons. The average molecular weight is 319 g/mol. The number of morpholine rings is 1. The van der Waals surface area contributed by atoms with Crippen molar-refractivity contribution in [2.45, 2.75) is 51.2 Å². The van der Waals surface area contributed by atoms with Crippen molar-refractivity contribution in [3.8, 4) is 6.01 Å². The van der Waals surface area contributed by atoms with E-state index in [4.69, 9.17) is 9.47 Å². The zero-order valence-electron chi connectivity index (χ0n) is 13.7. The van der Waals surface area contributed by atoms with Gasteiger partial charge < -0.3 is 9.47 Å². The van der Waals surface area contributed by atoms with Gasteiger partial charge in [-0.15, -0.1) is 0 Å². The Morgan fingerprint density at radius 1 is 1.30 bits per heavy atom. The highest BCUT2D eigenvalue weighted by Gasteiger charge is 2.41. The van der Waals surface area contributed by atoms with Gasteiger partial charge in [-0.25, -0.2) is 4.98 Å². The predicted molar refractivity (Wildman–Crippen MR) is 86.6 cm³/mol. The summed E-state index contributed by atoms with van der Waals surface area (Å²) >= 11 is 0. The van der Waals surface area contributed by atoms with Crippen molar-refractivity contribution in [1.29, 1.82) is 0 Å². The molecule has 2 aromatic heterocycles. The van der Waals surface area contributed by atoms with Gasteiger partial charge in [-0.05, 0) is 19.3 Å². The predicted octanol–water partition coefficient (Wildman–Crippen LogP) is 1.80. The van der Waals surface area contributed by atoms with Gasteiger partial charge in [0.15, 0.2) is 5.65 Å². The zero-order chi connectivity index (χ0) is 15.6. The number of nitrogens with zero attached hydrogens (tertiary/aromatic N) is 4. The van der Waals surface area contributed by atoms with Crippen LogP contribution in [-0.4, -0.2) is 63.1 Å². The van der Waals surface area contributed by atoms with Gasteiger partial charge in [0.1, 0.15) is 5.52 Å². The SMILES string of the molecule is CCCCOc1ncc2[nH]n(CCCN3C4COC[C@H]3C4)c2n1. The van der Waals surface area contributed by atoms with E-state index in [0.29, 0.717) is 24.7 Å². The fourth-order valence-corrected chi connectivity index (χ4v) is 3.52. The van der Waals surface area contributed by atoms with Crippen LogP contribution in [-0.2, 0) is 11.3 Å². The van der Waals surface area contributed by atoms with Crippen molar-refractivity contribution in [2.24, 2.45) is 0 Å². The number of unbranched alkanes of at least 4 members (excludes halogenated alkanes) is 1. The van der Waals surface area contributed by atoms with Crippen molar-refractivity contribution < 1.29 is 9.47 Å². The fraction of sp³-hybridized carbons (Fsp3) is 0.750. The monoisotopic (exact) mass is 319 g/mol. The molecule has 23 heavy (non-hydrogen) atoms. The molecule has 2 saturated heterocycles. The maximum Gasteiger partial charge on any atom is 0.318 e. The van der Waals surface area contributed by atoms with E-state index in [-0.39, 0.29) is 0 Å². The zero-order valence-corrected chi connectivity index (χ0v) is 13.7. The molecular weight excluding hydrogens is 294 g/mol. The molecule has 7 nitrogen and oxygen atoms in total. The van der Waals surface area contributed by atoms with E-state index in [1.807, 2.05) is 0 Å². The summed E-state index contributed by atoms with van der Waals surface area (Å²) in [5.41, 5.74) is 1.95. The number of rotatable bonds is 8. The van der Waals surface area contributed by atoms with Crippen molar-refractivity contribution >= 4 is 11.2 Å². The molecule has 0 amide bonds. The van der Waals surface area contributed by atoms with E-state index in [1.54, 1.807) is 6.20 Å². The maximum atomic E-state index is 5.59. The lowest BCUT2D eigenvalue weighted by molar-refractivity contribution is -0.127. The summed E-state index contributed by atoms with van der Waals surface area (Å²) in [5.74, 6) is 0. The van der Waals surface area contributed by atoms with E-state index in [2.05, 4.69) is 31.6 Å². The number of fused-ring (bicyclic) bond motifs is 3. The quantitative estimate of drug-likeness (QED) is 0.752. The first-order valence-corrected chi connectivity index (χ1v) is 8.72. The van der Waals surface area contributed by atoms with Crippen molar-refractivity contribution in [3.63, 3.8) is 0 Å². The minimum atomic E-state index is 0.484. The minimum Gasteiger partial charge on any atom is -0.463 e. The maximum absolute atomic E-state index is 5.59. The van der Waals surface area contributed by atoms with Crippen molar-refractivity contribution in [1.82, 2.24) is 24.6 Å². The molecule has 2 atom stereocenters. The lowest BCUT2D eigenvalue weighted by atomic mass is 9.91. The molecule has 0 aliphatic carbocycles. The first-order chi connectivity index (χ1) is 11.3. The topological polar surface area (TPSA) is 68.2 Å². The van der Waals surface area contributed by atoms with Gasteiger partial charge in [-0.2, -0.15) is 4.98 Å². The highest BCUT2D eigenvalue weighted by Crippen LogP contribution is 2.30. The third kappa shape index (κ3) is 2.95. The molecule has 1 unspecified atom stereocenters. The van der Waals surface area contributed by atoms with Gasteiger partial charge in [-0.3, -0.25) is 14.7 Å². The summed E-state index contributed by atoms with van der Waals surface area (Å²) in [5, 5.41) is 3.29. The molecule has 2 aliphatic heterocycles. The summed E-state index contributed by atoms with van der Waals surface area (Å²) in [6.45, 7) is 6.74. The lowest BCUT2D eigenvalue weighted by Crippen LogP contribution is -2.63. The van der Waals surface area contributed by atoms with Crippen LogP contribution in [0.25, 0.3) is 11.2 Å². The second-order valence-corrected chi connectivity index (χ2v) is 6.53. The number of aromatic nitrogens is 4. The third-order valence-electron chi connectivity index (χ3n) is 4.89. The molecule has 0 saturated carbocycles. The molecule has 126 valence electrons. The number of aryl methyl sites for hydroxylation is 1. The first kappa shape index (κ1) is 15.0. The molecule has 2 aromatic rings. The van der Waals surface area contributed by atoms with Gasteiger partial charge in [0.05, 0.1) is 26.0 Å². The summed E-state index contributed by atoms with van der Waals surface area (Å²) in [6, 6.07) is 1.80. The lowest BCUT2D eigenvalue weighted by Gasteiger charge is -2.52. The Morgan fingerprint density at radius 2 is 2.17 bits per heavy atom. The van der Waals surface area contributed by atoms with E-state index >= 15 is 0 Å². The van der Waals surface area contributed by atoms with Crippen LogP contribution in [0.15, 0.2) is 6.20 Å². The minimum absolute atomic E-state index is 0.484. The van der Waals surface area contributed by atoms with Gasteiger partial charge in [0, 0.05) is 25.2 Å². The number of hydrogen-bond acceptors (Lipinski definition) is 5. The number of aromatic amines is 1. The van der Waals surface area contributed by atoms with Crippen molar-refractivity contribution in [2.75, 3.05) is 26.4 Å². The number of H-pyrrole nitrogens is 1. The molecule has 0 aromatic carbocycles. The number of nitrogens with one attached hydrogen (secondary N) is 1. The van der Waals surface area contributed by atoms with Gasteiger partial charge in [0.2, 0.25) is 0 Å². The van der Waals surface area contributed by atoms with Crippen LogP contribution in [0.3, 0.4) is 0 Å². The summed E-state index contributed by atoms with van der Waals surface area (Å²) in [7, 11) is 0. The summed E-state index contributed by atoms with van der Waals surface area (Å²) < 4.78 is 13.2. The fourth-order valence-electron chi connectivity index (χ4n) is 3.52. The molecule has 2 bridgehead atoms. The van der Waals surface area contributed by atoms with Crippen LogP contribution in [0.4, 0.5) is 0 Å². The third-order valence-corrected chi connectivity index (χ3v) is 4.89. The second-order valence-electron chi connectivity index (χ2n) is 6.53. The van der Waals surface area contributed by atoms with Gasteiger partial charge >= 0.3 is 6.01 Å². The Morgan fingerprint density at radius 3 is 2.96 bits per heavy atom. The first-order valence-electron chi connectivity index (χ1n) is 8.72. The van der Waals surface area contributed by atoms with Crippen LogP contribution in [0.5, 0.6) is 6.01 Å². The Bertz CT molecular complexity index is 638. The Hall–Kier alpha value is -1.60. The molecule has 2 aliphatic rings. The molecule has 0 spiro atoms.